The van der Waals surface area contributed by atoms with E-state index in [9.17, 15) is 23.6 Å². The zero-order chi connectivity index (χ0) is 15.8. The van der Waals surface area contributed by atoms with Crippen LogP contribution < -0.4 is 4.72 Å². The number of sulfonamides is 1. The minimum atomic E-state index is -4.05. The van der Waals surface area contributed by atoms with Crippen molar-refractivity contribution in [2.45, 2.75) is 4.21 Å². The first-order valence-corrected chi connectivity index (χ1v) is 8.21. The maximum atomic E-state index is 12.1. The van der Waals surface area contributed by atoms with Gasteiger partial charge in [-0.3, -0.25) is 14.8 Å². The molecule has 0 saturated carbocycles. The van der Waals surface area contributed by atoms with Crippen molar-refractivity contribution in [2.75, 3.05) is 4.72 Å². The highest BCUT2D eigenvalue weighted by Gasteiger charge is 2.25. The minimum absolute atomic E-state index is 0.0593. The van der Waals surface area contributed by atoms with Gasteiger partial charge in [0.15, 0.2) is 4.34 Å². The molecular weight excluding hydrogens is 363 g/mol. The van der Waals surface area contributed by atoms with Crippen LogP contribution in [0.1, 0.15) is 0 Å². The molecule has 11 heteroatoms. The molecule has 0 atom stereocenters. The average molecular weight is 369 g/mol. The van der Waals surface area contributed by atoms with Crippen LogP contribution in [0.3, 0.4) is 0 Å². The molecule has 1 aromatic carbocycles. The summed E-state index contributed by atoms with van der Waals surface area (Å²) in [6, 6.07) is 4.62. The maximum Gasteiger partial charge on any atom is 0.300 e. The lowest BCUT2D eigenvalue weighted by molar-refractivity contribution is -0.384. The Kier molecular flexibility index (Phi) is 4.28. The molecule has 2 aromatic rings. The summed E-state index contributed by atoms with van der Waals surface area (Å²) in [5.41, 5.74) is -0.426. The zero-order valence-corrected chi connectivity index (χ0v) is 13.1. The highest BCUT2D eigenvalue weighted by atomic mass is 35.5. The van der Waals surface area contributed by atoms with Gasteiger partial charge in [-0.25, -0.2) is 8.42 Å². The van der Waals surface area contributed by atoms with Gasteiger partial charge in [-0.1, -0.05) is 23.2 Å². The molecule has 0 saturated heterocycles. The summed E-state index contributed by atoms with van der Waals surface area (Å²) in [5.74, 6) is -0.299. The predicted molar refractivity (Wildman–Crippen MR) is 79.9 cm³/mol. The fraction of sp³-hybridized carbons (Fsp3) is 0. The van der Waals surface area contributed by atoms with Crippen LogP contribution in [0.25, 0.3) is 0 Å². The van der Waals surface area contributed by atoms with E-state index < -0.39 is 20.6 Å². The average Bonchev–Trinajstić information content (AvgIpc) is 2.77. The van der Waals surface area contributed by atoms with Gasteiger partial charge in [0.2, 0.25) is 0 Å². The molecule has 0 aliphatic carbocycles. The van der Waals surface area contributed by atoms with Crippen LogP contribution in [0.2, 0.25) is 9.36 Å². The molecule has 0 unspecified atom stereocenters. The van der Waals surface area contributed by atoms with Crippen molar-refractivity contribution in [3.63, 3.8) is 0 Å². The van der Waals surface area contributed by atoms with Gasteiger partial charge in [0, 0.05) is 12.1 Å². The zero-order valence-electron chi connectivity index (χ0n) is 9.91. The topological polar surface area (TPSA) is 110 Å². The summed E-state index contributed by atoms with van der Waals surface area (Å²) in [6.45, 7) is 0. The van der Waals surface area contributed by atoms with E-state index >= 15 is 0 Å². The summed E-state index contributed by atoms with van der Waals surface area (Å²) in [6.07, 6.45) is 0. The molecule has 2 N–H and O–H groups in total. The van der Waals surface area contributed by atoms with Gasteiger partial charge in [0.25, 0.3) is 15.7 Å². The van der Waals surface area contributed by atoms with Crippen LogP contribution in [-0.2, 0) is 10.0 Å². The molecule has 1 aromatic heterocycles. The third-order valence-electron chi connectivity index (χ3n) is 2.31. The van der Waals surface area contributed by atoms with Gasteiger partial charge in [-0.2, -0.15) is 0 Å². The molecule has 112 valence electrons. The van der Waals surface area contributed by atoms with Gasteiger partial charge in [0.1, 0.15) is 9.96 Å². The Morgan fingerprint density at radius 2 is 1.95 bits per heavy atom. The first-order valence-electron chi connectivity index (χ1n) is 5.16. The van der Waals surface area contributed by atoms with Crippen molar-refractivity contribution in [3.05, 3.63) is 43.7 Å². The van der Waals surface area contributed by atoms with Crippen molar-refractivity contribution in [1.29, 1.82) is 0 Å². The number of nitro groups is 1. The van der Waals surface area contributed by atoms with E-state index in [0.29, 0.717) is 11.3 Å². The second-order valence-corrected chi connectivity index (χ2v) is 7.72. The van der Waals surface area contributed by atoms with Crippen LogP contribution in [0.5, 0.6) is 5.75 Å². The van der Waals surface area contributed by atoms with E-state index in [1.165, 1.54) is 12.1 Å². The van der Waals surface area contributed by atoms with E-state index in [1.807, 2.05) is 0 Å². The second-order valence-electron chi connectivity index (χ2n) is 3.75. The highest BCUT2D eigenvalue weighted by molar-refractivity contribution is 7.94. The fourth-order valence-corrected chi connectivity index (χ4v) is 4.21. The third kappa shape index (κ3) is 3.38. The number of anilines is 1. The van der Waals surface area contributed by atoms with Gasteiger partial charge < -0.3 is 5.11 Å². The van der Waals surface area contributed by atoms with E-state index in [4.69, 9.17) is 23.2 Å². The first kappa shape index (κ1) is 15.8. The number of hydrogen-bond acceptors (Lipinski definition) is 6. The number of nitrogens with zero attached hydrogens (tertiary/aromatic N) is 1. The molecule has 0 fully saturated rings. The molecule has 7 nitrogen and oxygen atoms in total. The molecule has 0 spiro atoms. The Bertz CT molecular complexity index is 819. The molecule has 1 heterocycles. The molecule has 0 bridgehead atoms. The van der Waals surface area contributed by atoms with Gasteiger partial charge in [0.05, 0.1) is 15.6 Å². The lowest BCUT2D eigenvalue weighted by atomic mass is 10.3. The molecule has 21 heavy (non-hydrogen) atoms. The lowest BCUT2D eigenvalue weighted by Gasteiger charge is -2.06. The molecule has 0 amide bonds. The quantitative estimate of drug-likeness (QED) is 0.634. The molecular formula is C10H6Cl2N2O5S2. The van der Waals surface area contributed by atoms with Crippen LogP contribution in [0, 0.1) is 10.1 Å². The van der Waals surface area contributed by atoms with Gasteiger partial charge in [-0.05, 0) is 12.1 Å². The number of aromatic hydroxyl groups is 1. The Hall–Kier alpha value is -1.55. The number of hydrogen-bond donors (Lipinski definition) is 2. The smallest absolute Gasteiger partial charge is 0.300 e. The third-order valence-corrected chi connectivity index (χ3v) is 5.82. The summed E-state index contributed by atoms with van der Waals surface area (Å²) >= 11 is 11.8. The summed E-state index contributed by atoms with van der Waals surface area (Å²) < 4.78 is 25.8. The lowest BCUT2D eigenvalue weighted by Crippen LogP contribution is -2.11. The van der Waals surface area contributed by atoms with Crippen LogP contribution in [0.4, 0.5) is 11.4 Å². The van der Waals surface area contributed by atoms with Crippen molar-refractivity contribution in [3.8, 4) is 5.75 Å². The van der Waals surface area contributed by atoms with Crippen LogP contribution in [0.15, 0.2) is 28.5 Å². The van der Waals surface area contributed by atoms with Crippen molar-refractivity contribution in [1.82, 2.24) is 0 Å². The number of benzene rings is 1. The highest BCUT2D eigenvalue weighted by Crippen LogP contribution is 2.37. The van der Waals surface area contributed by atoms with Gasteiger partial charge in [-0.15, -0.1) is 11.3 Å². The summed E-state index contributed by atoms with van der Waals surface area (Å²) in [4.78, 5) is 9.90. The predicted octanol–water partition coefficient (Wildman–Crippen LogP) is 3.47. The summed E-state index contributed by atoms with van der Waals surface area (Å²) in [5, 5.41) is 20.1. The number of phenolic OH excluding ortho intramolecular Hbond substituents is 1. The number of rotatable bonds is 4. The Balaban J connectivity index is 2.36. The number of nitrogens with one attached hydrogen (secondary N) is 1. The van der Waals surface area contributed by atoms with Crippen LogP contribution >= 0.6 is 34.5 Å². The van der Waals surface area contributed by atoms with Crippen LogP contribution in [-0.4, -0.2) is 18.4 Å². The SMILES string of the molecule is O=[N+]([O-])c1cc(S(=O)(=O)Nc2ccc(Cl)c(O)c2)sc1Cl. The summed E-state index contributed by atoms with van der Waals surface area (Å²) in [7, 11) is -4.05. The number of thiophene rings is 1. The molecule has 0 radical (unpaired) electrons. The minimum Gasteiger partial charge on any atom is -0.506 e. The van der Waals surface area contributed by atoms with Gasteiger partial charge >= 0.3 is 0 Å². The second kappa shape index (κ2) is 5.68. The van der Waals surface area contributed by atoms with E-state index in [2.05, 4.69) is 4.72 Å². The van der Waals surface area contributed by atoms with Crippen molar-refractivity contribution < 1.29 is 18.4 Å². The Morgan fingerprint density at radius 3 is 2.48 bits per heavy atom. The molecule has 0 aliphatic rings. The number of phenols is 1. The van der Waals surface area contributed by atoms with E-state index in [0.717, 1.165) is 12.1 Å². The van der Waals surface area contributed by atoms with Crippen molar-refractivity contribution >= 4 is 55.9 Å². The van der Waals surface area contributed by atoms with E-state index in [1.54, 1.807) is 0 Å². The van der Waals surface area contributed by atoms with E-state index in [-0.39, 0.29) is 25.0 Å². The first-order chi connectivity index (χ1) is 9.70. The van der Waals surface area contributed by atoms with Crippen molar-refractivity contribution in [2.24, 2.45) is 0 Å². The molecule has 0 aliphatic heterocycles. The monoisotopic (exact) mass is 368 g/mol. The Morgan fingerprint density at radius 1 is 1.29 bits per heavy atom. The Labute approximate surface area is 132 Å². The largest absolute Gasteiger partial charge is 0.506 e. The maximum absolute atomic E-state index is 12.1. The standard InChI is InChI=1S/C10H6Cl2N2O5S2/c11-6-2-1-5(3-8(6)15)13-21(18,19)9-4-7(14(16)17)10(12)20-9/h1-4,13,15H. The normalized spacial score (nSPS) is 11.3. The number of halogens is 2. The fourth-order valence-electron chi connectivity index (χ4n) is 1.38. The molecule has 2 rings (SSSR count).